The molecule has 0 radical (unpaired) electrons. The van der Waals surface area contributed by atoms with Crippen molar-refractivity contribution < 1.29 is 9.53 Å². The first kappa shape index (κ1) is 16.7. The lowest BCUT2D eigenvalue weighted by Gasteiger charge is -2.35. The second-order valence-corrected chi connectivity index (χ2v) is 6.92. The third-order valence-corrected chi connectivity index (χ3v) is 3.82. The van der Waals surface area contributed by atoms with E-state index in [-0.39, 0.29) is 12.1 Å². The highest BCUT2D eigenvalue weighted by Gasteiger charge is 2.27. The van der Waals surface area contributed by atoms with E-state index in [0.717, 1.165) is 25.9 Å². The number of nitrogens with zero attached hydrogens (tertiary/aromatic N) is 2. The Kier molecular flexibility index (Phi) is 5.40. The lowest BCUT2D eigenvalue weighted by molar-refractivity contribution is 0.0196. The number of ether oxygens (including phenoxy) is 1. The standard InChI is InChI=1S/C17H27N3O2/c1-13(14-6-5-9-18-12-14)19-15-7-10-20(11-8-15)16(21)22-17(2,3)4/h5-6,9,12-13,15,19H,7-8,10-11H2,1-4H3/t13-/m0/s1. The molecule has 0 spiro atoms. The van der Waals surface area contributed by atoms with Crippen molar-refractivity contribution >= 4 is 6.09 Å². The number of amides is 1. The molecule has 1 saturated heterocycles. The Morgan fingerprint density at radius 1 is 1.41 bits per heavy atom. The van der Waals surface area contributed by atoms with Crippen LogP contribution >= 0.6 is 0 Å². The zero-order chi connectivity index (χ0) is 16.2. The fraction of sp³-hybridized carbons (Fsp3) is 0.647. The summed E-state index contributed by atoms with van der Waals surface area (Å²) in [6, 6.07) is 4.74. The van der Waals surface area contributed by atoms with E-state index in [9.17, 15) is 4.79 Å². The highest BCUT2D eigenvalue weighted by atomic mass is 16.6. The van der Waals surface area contributed by atoms with Crippen molar-refractivity contribution in [1.29, 1.82) is 0 Å². The monoisotopic (exact) mass is 305 g/mol. The van der Waals surface area contributed by atoms with Gasteiger partial charge in [-0.2, -0.15) is 0 Å². The van der Waals surface area contributed by atoms with E-state index in [1.807, 2.05) is 33.0 Å². The van der Waals surface area contributed by atoms with E-state index in [1.165, 1.54) is 5.56 Å². The molecule has 2 heterocycles. The third kappa shape index (κ3) is 4.98. The second-order valence-electron chi connectivity index (χ2n) is 6.92. The third-order valence-electron chi connectivity index (χ3n) is 3.82. The first-order valence-electron chi connectivity index (χ1n) is 7.99. The quantitative estimate of drug-likeness (QED) is 0.932. The average molecular weight is 305 g/mol. The van der Waals surface area contributed by atoms with E-state index in [1.54, 1.807) is 11.1 Å². The van der Waals surface area contributed by atoms with E-state index in [2.05, 4.69) is 23.3 Å². The largest absolute Gasteiger partial charge is 0.444 e. The van der Waals surface area contributed by atoms with E-state index in [0.29, 0.717) is 6.04 Å². The number of carbonyl (C=O) groups is 1. The molecule has 1 aliphatic rings. The first-order valence-corrected chi connectivity index (χ1v) is 7.99. The first-order chi connectivity index (χ1) is 10.3. The predicted octanol–water partition coefficient (Wildman–Crippen LogP) is 3.13. The van der Waals surface area contributed by atoms with Crippen LogP contribution in [0, 0.1) is 0 Å². The molecule has 1 amide bonds. The molecule has 122 valence electrons. The van der Waals surface area contributed by atoms with Crippen LogP contribution in [0.15, 0.2) is 24.5 Å². The summed E-state index contributed by atoms with van der Waals surface area (Å²) in [5.41, 5.74) is 0.762. The molecule has 1 N–H and O–H groups in total. The van der Waals surface area contributed by atoms with Gasteiger partial charge in [0.25, 0.3) is 0 Å². The lowest BCUT2D eigenvalue weighted by atomic mass is 10.0. The maximum Gasteiger partial charge on any atom is 0.410 e. The molecule has 5 nitrogen and oxygen atoms in total. The van der Waals surface area contributed by atoms with Crippen LogP contribution in [0.3, 0.4) is 0 Å². The minimum Gasteiger partial charge on any atom is -0.444 e. The lowest BCUT2D eigenvalue weighted by Crippen LogP contribution is -2.46. The molecule has 5 heteroatoms. The maximum absolute atomic E-state index is 12.0. The number of pyridine rings is 1. The molecule has 2 rings (SSSR count). The number of piperidine rings is 1. The Balaban J connectivity index is 1.79. The predicted molar refractivity (Wildman–Crippen MR) is 86.6 cm³/mol. The minimum absolute atomic E-state index is 0.203. The number of hydrogen-bond donors (Lipinski definition) is 1. The van der Waals surface area contributed by atoms with Crippen molar-refractivity contribution in [2.75, 3.05) is 13.1 Å². The molecule has 0 saturated carbocycles. The van der Waals surface area contributed by atoms with Crippen molar-refractivity contribution in [3.05, 3.63) is 30.1 Å². The Bertz CT molecular complexity index is 476. The summed E-state index contributed by atoms with van der Waals surface area (Å²) < 4.78 is 5.42. The van der Waals surface area contributed by atoms with Gasteiger partial charge < -0.3 is 15.0 Å². The molecule has 1 atom stereocenters. The van der Waals surface area contributed by atoms with Gasteiger partial charge in [0.1, 0.15) is 5.60 Å². The topological polar surface area (TPSA) is 54.5 Å². The van der Waals surface area contributed by atoms with Crippen LogP contribution in [0.4, 0.5) is 4.79 Å². The molecule has 1 aliphatic heterocycles. The molecule has 0 aliphatic carbocycles. The molecule has 0 unspecified atom stereocenters. The van der Waals surface area contributed by atoms with Gasteiger partial charge in [-0.25, -0.2) is 4.79 Å². The van der Waals surface area contributed by atoms with Crippen LogP contribution in [0.2, 0.25) is 0 Å². The van der Waals surface area contributed by atoms with Gasteiger partial charge in [0.2, 0.25) is 0 Å². The highest BCUT2D eigenvalue weighted by molar-refractivity contribution is 5.68. The van der Waals surface area contributed by atoms with Gasteiger partial charge in [0.05, 0.1) is 0 Å². The van der Waals surface area contributed by atoms with Crippen LogP contribution in [0.25, 0.3) is 0 Å². The summed E-state index contributed by atoms with van der Waals surface area (Å²) in [7, 11) is 0. The number of likely N-dealkylation sites (tertiary alicyclic amines) is 1. The second kappa shape index (κ2) is 7.09. The van der Waals surface area contributed by atoms with Crippen LogP contribution in [0.5, 0.6) is 0 Å². The van der Waals surface area contributed by atoms with Gasteiger partial charge in [-0.05, 0) is 52.2 Å². The summed E-state index contributed by atoms with van der Waals surface area (Å²) in [5, 5.41) is 3.62. The number of hydrogen-bond acceptors (Lipinski definition) is 4. The van der Waals surface area contributed by atoms with Crippen LogP contribution in [0.1, 0.15) is 52.1 Å². The molecule has 1 fully saturated rings. The highest BCUT2D eigenvalue weighted by Crippen LogP contribution is 2.18. The zero-order valence-corrected chi connectivity index (χ0v) is 14.0. The zero-order valence-electron chi connectivity index (χ0n) is 14.0. The Labute approximate surface area is 133 Å². The molecule has 0 aromatic carbocycles. The molecule has 1 aromatic rings. The van der Waals surface area contributed by atoms with Gasteiger partial charge in [0, 0.05) is 37.6 Å². The number of carbonyl (C=O) groups excluding carboxylic acids is 1. The van der Waals surface area contributed by atoms with E-state index in [4.69, 9.17) is 4.74 Å². The number of aromatic nitrogens is 1. The van der Waals surface area contributed by atoms with Crippen LogP contribution < -0.4 is 5.32 Å². The van der Waals surface area contributed by atoms with Crippen molar-refractivity contribution in [2.24, 2.45) is 0 Å². The van der Waals surface area contributed by atoms with Gasteiger partial charge in [0.15, 0.2) is 0 Å². The minimum atomic E-state index is -0.430. The summed E-state index contributed by atoms with van der Waals surface area (Å²) in [5.74, 6) is 0. The molecule has 0 bridgehead atoms. The summed E-state index contributed by atoms with van der Waals surface area (Å²) in [4.78, 5) is 18.0. The van der Waals surface area contributed by atoms with Crippen molar-refractivity contribution in [2.45, 2.75) is 58.2 Å². The summed E-state index contributed by atoms with van der Waals surface area (Å²) >= 11 is 0. The molecular formula is C17H27N3O2. The fourth-order valence-corrected chi connectivity index (χ4v) is 2.64. The summed E-state index contributed by atoms with van der Waals surface area (Å²) in [6.07, 6.45) is 5.38. The van der Waals surface area contributed by atoms with Gasteiger partial charge in [-0.3, -0.25) is 4.98 Å². The Hall–Kier alpha value is -1.62. The van der Waals surface area contributed by atoms with Crippen LogP contribution in [-0.2, 0) is 4.74 Å². The Morgan fingerprint density at radius 3 is 2.64 bits per heavy atom. The SMILES string of the molecule is C[C@H](NC1CCN(C(=O)OC(C)(C)C)CC1)c1cccnc1. The normalized spacial score (nSPS) is 18.1. The maximum atomic E-state index is 12.0. The Morgan fingerprint density at radius 2 is 2.09 bits per heavy atom. The smallest absolute Gasteiger partial charge is 0.410 e. The van der Waals surface area contributed by atoms with Crippen molar-refractivity contribution in [3.8, 4) is 0 Å². The fourth-order valence-electron chi connectivity index (χ4n) is 2.64. The van der Waals surface area contributed by atoms with Gasteiger partial charge in [-0.1, -0.05) is 6.07 Å². The number of nitrogens with one attached hydrogen (secondary N) is 1. The van der Waals surface area contributed by atoms with E-state index < -0.39 is 5.60 Å². The molecule has 22 heavy (non-hydrogen) atoms. The van der Waals surface area contributed by atoms with Gasteiger partial charge in [-0.15, -0.1) is 0 Å². The average Bonchev–Trinajstić information content (AvgIpc) is 2.47. The van der Waals surface area contributed by atoms with Crippen molar-refractivity contribution in [1.82, 2.24) is 15.2 Å². The molecular weight excluding hydrogens is 278 g/mol. The molecule has 1 aromatic heterocycles. The number of rotatable bonds is 3. The summed E-state index contributed by atoms with van der Waals surface area (Å²) in [6.45, 7) is 9.33. The van der Waals surface area contributed by atoms with Crippen molar-refractivity contribution in [3.63, 3.8) is 0 Å². The van der Waals surface area contributed by atoms with E-state index >= 15 is 0 Å². The van der Waals surface area contributed by atoms with Gasteiger partial charge >= 0.3 is 6.09 Å². The van der Waals surface area contributed by atoms with Crippen LogP contribution in [-0.4, -0.2) is 40.7 Å².